The largest absolute Gasteiger partial charge is 0.371 e. The second-order valence-electron chi connectivity index (χ2n) is 6.72. The van der Waals surface area contributed by atoms with Gasteiger partial charge < -0.3 is 4.90 Å². The number of fused-ring (bicyclic) bond motifs is 1. The van der Waals surface area contributed by atoms with E-state index in [-0.39, 0.29) is 11.7 Å². The lowest BCUT2D eigenvalue weighted by Gasteiger charge is -2.34. The van der Waals surface area contributed by atoms with Crippen molar-refractivity contribution in [3.8, 4) is 5.88 Å². The van der Waals surface area contributed by atoms with Crippen molar-refractivity contribution < 1.29 is 9.50 Å². The summed E-state index contributed by atoms with van der Waals surface area (Å²) in [4.78, 5) is 6.35. The van der Waals surface area contributed by atoms with Crippen molar-refractivity contribution >= 4 is 16.6 Å². The molecule has 0 aliphatic carbocycles. The van der Waals surface area contributed by atoms with Gasteiger partial charge in [0.15, 0.2) is 0 Å². The Morgan fingerprint density at radius 2 is 1.76 bits per heavy atom. The summed E-state index contributed by atoms with van der Waals surface area (Å²) in [6, 6.07) is 16.4. The van der Waals surface area contributed by atoms with Crippen LogP contribution in [0, 0.1) is 11.7 Å². The van der Waals surface area contributed by atoms with Gasteiger partial charge in [-0.2, -0.15) is 0 Å². The first-order chi connectivity index (χ1) is 12.2. The summed E-state index contributed by atoms with van der Waals surface area (Å²) in [7, 11) is 0. The first-order valence-electron chi connectivity index (χ1n) is 8.76. The smallest absolute Gasteiger partial charge is 0.272 e. The van der Waals surface area contributed by atoms with Crippen molar-refractivity contribution in [3.05, 3.63) is 66.0 Å². The van der Waals surface area contributed by atoms with Gasteiger partial charge in [-0.15, -0.1) is 0 Å². The summed E-state index contributed by atoms with van der Waals surface area (Å²) >= 11 is 0. The number of nitrogens with zero attached hydrogens (tertiary/aromatic N) is 2. The quantitative estimate of drug-likeness (QED) is 0.677. The van der Waals surface area contributed by atoms with E-state index in [1.54, 1.807) is 12.1 Å². The number of anilines is 1. The lowest BCUT2D eigenvalue weighted by atomic mass is 9.89. The Morgan fingerprint density at radius 1 is 1.04 bits per heavy atom. The van der Waals surface area contributed by atoms with E-state index in [4.69, 9.17) is 0 Å². The molecule has 0 saturated carbocycles. The minimum absolute atomic E-state index is 0.110. The molecule has 127 valence electrons. The van der Waals surface area contributed by atoms with E-state index in [0.29, 0.717) is 5.92 Å². The Balaban J connectivity index is 1.50. The fraction of sp³-hybridized carbons (Fsp3) is 0.286. The molecule has 0 N–H and O–H groups in total. The molecular formula is C21H20FN2O. The second kappa shape index (κ2) is 6.71. The summed E-state index contributed by atoms with van der Waals surface area (Å²) < 4.78 is 13.9. The summed E-state index contributed by atoms with van der Waals surface area (Å²) in [5, 5.41) is 12.9. The van der Waals surface area contributed by atoms with Crippen molar-refractivity contribution in [1.29, 1.82) is 0 Å². The molecule has 4 heteroatoms. The highest BCUT2D eigenvalue weighted by atomic mass is 19.1. The summed E-state index contributed by atoms with van der Waals surface area (Å²) in [5.41, 5.74) is 2.52. The van der Waals surface area contributed by atoms with Crippen LogP contribution in [-0.4, -0.2) is 18.1 Å². The van der Waals surface area contributed by atoms with Crippen LogP contribution < -0.4 is 4.90 Å². The molecule has 1 fully saturated rings. The van der Waals surface area contributed by atoms with Gasteiger partial charge >= 0.3 is 0 Å². The SMILES string of the molecule is [O]c1cc(N2CCC(Cc3ccccc3F)CC2)c2ccccc2n1. The number of pyridine rings is 1. The van der Waals surface area contributed by atoms with Gasteiger partial charge in [0.2, 0.25) is 0 Å². The van der Waals surface area contributed by atoms with E-state index in [1.165, 1.54) is 6.07 Å². The second-order valence-corrected chi connectivity index (χ2v) is 6.72. The van der Waals surface area contributed by atoms with Gasteiger partial charge in [0.05, 0.1) is 11.2 Å². The molecule has 1 aromatic heterocycles. The van der Waals surface area contributed by atoms with Crippen molar-refractivity contribution in [3.63, 3.8) is 0 Å². The molecule has 0 bridgehead atoms. The van der Waals surface area contributed by atoms with E-state index in [9.17, 15) is 9.50 Å². The summed E-state index contributed by atoms with van der Waals surface area (Å²) in [5.74, 6) is 0.177. The van der Waals surface area contributed by atoms with Gasteiger partial charge in [0.25, 0.3) is 5.88 Å². The predicted octanol–water partition coefficient (Wildman–Crippen LogP) is 4.98. The minimum atomic E-state index is -0.192. The highest BCUT2D eigenvalue weighted by molar-refractivity contribution is 5.92. The van der Waals surface area contributed by atoms with Crippen LogP contribution in [0.15, 0.2) is 54.6 Å². The van der Waals surface area contributed by atoms with E-state index in [1.807, 2.05) is 36.4 Å². The van der Waals surface area contributed by atoms with Crippen LogP contribution in [0.4, 0.5) is 10.1 Å². The van der Waals surface area contributed by atoms with Crippen LogP contribution in [0.2, 0.25) is 0 Å². The number of aromatic nitrogens is 1. The molecule has 25 heavy (non-hydrogen) atoms. The van der Waals surface area contributed by atoms with E-state index in [2.05, 4.69) is 9.88 Å². The standard InChI is InChI=1S/C21H20FN2O/c22-18-7-3-1-5-16(18)13-15-9-11-24(12-10-15)20-14-21(25)23-19-8-4-2-6-17(19)20/h1-8,14-15H,9-13H2. The molecular weight excluding hydrogens is 315 g/mol. The topological polar surface area (TPSA) is 36.0 Å². The molecule has 1 aliphatic heterocycles. The number of halogens is 1. The molecule has 0 atom stereocenters. The maximum atomic E-state index is 13.9. The maximum Gasteiger partial charge on any atom is 0.272 e. The highest BCUT2D eigenvalue weighted by Crippen LogP contribution is 2.33. The number of hydrogen-bond donors (Lipinski definition) is 0. The molecule has 0 unspecified atom stereocenters. The van der Waals surface area contributed by atoms with Crippen molar-refractivity contribution in [2.75, 3.05) is 18.0 Å². The molecule has 1 saturated heterocycles. The maximum absolute atomic E-state index is 13.9. The highest BCUT2D eigenvalue weighted by Gasteiger charge is 2.22. The minimum Gasteiger partial charge on any atom is -0.371 e. The predicted molar refractivity (Wildman–Crippen MR) is 96.9 cm³/mol. The van der Waals surface area contributed by atoms with Crippen LogP contribution in [0.5, 0.6) is 5.88 Å². The third-order valence-electron chi connectivity index (χ3n) is 5.09. The van der Waals surface area contributed by atoms with E-state index < -0.39 is 0 Å². The number of rotatable bonds is 3. The number of benzene rings is 2. The first-order valence-corrected chi connectivity index (χ1v) is 8.76. The molecule has 3 nitrogen and oxygen atoms in total. The van der Waals surface area contributed by atoms with Gasteiger partial charge in [-0.05, 0) is 42.9 Å². The number of para-hydroxylation sites is 1. The summed E-state index contributed by atoms with van der Waals surface area (Å²) in [6.45, 7) is 1.76. The van der Waals surface area contributed by atoms with Crippen molar-refractivity contribution in [1.82, 2.24) is 4.98 Å². The Bertz CT molecular complexity index is 888. The van der Waals surface area contributed by atoms with Crippen LogP contribution in [0.25, 0.3) is 10.9 Å². The Kier molecular flexibility index (Phi) is 4.26. The fourth-order valence-corrected chi connectivity index (χ4v) is 3.75. The molecule has 0 amide bonds. The van der Waals surface area contributed by atoms with Crippen molar-refractivity contribution in [2.24, 2.45) is 5.92 Å². The van der Waals surface area contributed by atoms with Gasteiger partial charge in [-0.1, -0.05) is 36.4 Å². The zero-order valence-electron chi connectivity index (χ0n) is 14.0. The third-order valence-corrected chi connectivity index (χ3v) is 5.09. The van der Waals surface area contributed by atoms with Gasteiger partial charge in [-0.3, -0.25) is 5.11 Å². The summed E-state index contributed by atoms with van der Waals surface area (Å²) in [6.07, 6.45) is 2.78. The van der Waals surface area contributed by atoms with Gasteiger partial charge in [-0.25, -0.2) is 9.37 Å². The molecule has 1 aliphatic rings. The Hall–Kier alpha value is -2.62. The molecule has 2 aromatic carbocycles. The molecule has 4 rings (SSSR count). The van der Waals surface area contributed by atoms with Crippen molar-refractivity contribution in [2.45, 2.75) is 19.3 Å². The van der Waals surface area contributed by atoms with Gasteiger partial charge in [0, 0.05) is 24.5 Å². The average molecular weight is 335 g/mol. The first kappa shape index (κ1) is 15.9. The van der Waals surface area contributed by atoms with E-state index >= 15 is 0 Å². The molecule has 0 spiro atoms. The Labute approximate surface area is 146 Å². The average Bonchev–Trinajstić information content (AvgIpc) is 2.63. The van der Waals surface area contributed by atoms with Crippen LogP contribution in [-0.2, 0) is 11.5 Å². The number of piperidine rings is 1. The molecule has 3 aromatic rings. The molecule has 1 radical (unpaired) electrons. The zero-order valence-corrected chi connectivity index (χ0v) is 14.0. The van der Waals surface area contributed by atoms with Gasteiger partial charge in [0.1, 0.15) is 5.82 Å². The third kappa shape index (κ3) is 3.29. The lowest BCUT2D eigenvalue weighted by Crippen LogP contribution is -2.34. The normalized spacial score (nSPS) is 15.6. The van der Waals surface area contributed by atoms with Crippen LogP contribution >= 0.6 is 0 Å². The van der Waals surface area contributed by atoms with Crippen LogP contribution in [0.1, 0.15) is 18.4 Å². The van der Waals surface area contributed by atoms with Crippen LogP contribution in [0.3, 0.4) is 0 Å². The van der Waals surface area contributed by atoms with E-state index in [0.717, 1.165) is 54.5 Å². The monoisotopic (exact) mass is 335 g/mol. The zero-order chi connectivity index (χ0) is 17.2. The molecule has 2 heterocycles. The number of hydrogen-bond acceptors (Lipinski definition) is 2. The Morgan fingerprint density at radius 3 is 2.56 bits per heavy atom. The lowest BCUT2D eigenvalue weighted by molar-refractivity contribution is 0.338. The fourth-order valence-electron chi connectivity index (χ4n) is 3.75.